The molecule has 6 nitrogen and oxygen atoms in total. The number of benzene rings is 1. The number of aliphatic carboxylic acids is 1. The van der Waals surface area contributed by atoms with Crippen molar-refractivity contribution in [1.82, 2.24) is 5.32 Å². The highest BCUT2D eigenvalue weighted by atomic mass is 16.5. The van der Waals surface area contributed by atoms with Gasteiger partial charge in [0.25, 0.3) is 0 Å². The van der Waals surface area contributed by atoms with Crippen LogP contribution in [-0.2, 0) is 16.0 Å². The maximum absolute atomic E-state index is 11.7. The Morgan fingerprint density at radius 3 is 2.41 bits per heavy atom. The lowest BCUT2D eigenvalue weighted by molar-refractivity contribution is -0.147. The molecule has 0 spiro atoms. The Morgan fingerprint density at radius 1 is 1.32 bits per heavy atom. The highest BCUT2D eigenvalue weighted by molar-refractivity contribution is 5.92. The SMILES string of the molecule is C=CC(=O)NC(CC)(Cc1ccc(OC)c(OC)c1)C(=O)O. The summed E-state index contributed by atoms with van der Waals surface area (Å²) in [5.41, 5.74) is -0.684. The van der Waals surface area contributed by atoms with Gasteiger partial charge < -0.3 is 19.9 Å². The quantitative estimate of drug-likeness (QED) is 0.715. The molecule has 22 heavy (non-hydrogen) atoms. The van der Waals surface area contributed by atoms with Crippen LogP contribution in [0.5, 0.6) is 11.5 Å². The Balaban J connectivity index is 3.16. The van der Waals surface area contributed by atoms with E-state index in [0.29, 0.717) is 17.1 Å². The highest BCUT2D eigenvalue weighted by Gasteiger charge is 2.38. The van der Waals surface area contributed by atoms with Crippen LogP contribution >= 0.6 is 0 Å². The number of rotatable bonds is 8. The van der Waals surface area contributed by atoms with E-state index < -0.39 is 17.4 Å². The normalized spacial score (nSPS) is 12.9. The predicted octanol–water partition coefficient (Wildman–Crippen LogP) is 1.78. The van der Waals surface area contributed by atoms with E-state index in [1.54, 1.807) is 25.1 Å². The smallest absolute Gasteiger partial charge is 0.329 e. The Labute approximate surface area is 129 Å². The summed E-state index contributed by atoms with van der Waals surface area (Å²) in [5, 5.41) is 12.1. The number of carboxylic acids is 1. The van der Waals surface area contributed by atoms with Crippen LogP contribution in [0, 0.1) is 0 Å². The van der Waals surface area contributed by atoms with Crippen molar-refractivity contribution in [3.8, 4) is 11.5 Å². The van der Waals surface area contributed by atoms with Crippen molar-refractivity contribution >= 4 is 11.9 Å². The van der Waals surface area contributed by atoms with Crippen molar-refractivity contribution in [2.24, 2.45) is 0 Å². The van der Waals surface area contributed by atoms with Gasteiger partial charge in [-0.25, -0.2) is 4.79 Å². The van der Waals surface area contributed by atoms with Crippen molar-refractivity contribution in [3.63, 3.8) is 0 Å². The summed E-state index contributed by atoms with van der Waals surface area (Å²) in [7, 11) is 3.03. The zero-order valence-corrected chi connectivity index (χ0v) is 13.0. The fourth-order valence-electron chi connectivity index (χ4n) is 2.16. The molecule has 6 heteroatoms. The molecule has 2 N–H and O–H groups in total. The van der Waals surface area contributed by atoms with E-state index in [-0.39, 0.29) is 12.8 Å². The summed E-state index contributed by atoms with van der Waals surface area (Å²) >= 11 is 0. The largest absolute Gasteiger partial charge is 0.493 e. The van der Waals surface area contributed by atoms with Crippen LogP contribution in [-0.4, -0.2) is 36.7 Å². The molecular weight excluding hydrogens is 286 g/mol. The average molecular weight is 307 g/mol. The van der Waals surface area contributed by atoms with Crippen LogP contribution in [0.15, 0.2) is 30.9 Å². The van der Waals surface area contributed by atoms with Gasteiger partial charge in [0, 0.05) is 6.42 Å². The van der Waals surface area contributed by atoms with Crippen molar-refractivity contribution in [3.05, 3.63) is 36.4 Å². The molecule has 120 valence electrons. The number of amides is 1. The zero-order valence-electron chi connectivity index (χ0n) is 13.0. The summed E-state index contributed by atoms with van der Waals surface area (Å²) in [4.78, 5) is 23.2. The second-order valence-corrected chi connectivity index (χ2v) is 4.80. The van der Waals surface area contributed by atoms with Gasteiger partial charge in [0.05, 0.1) is 14.2 Å². The Hall–Kier alpha value is -2.50. The maximum atomic E-state index is 11.7. The van der Waals surface area contributed by atoms with E-state index >= 15 is 0 Å². The molecule has 0 aliphatic rings. The first kappa shape index (κ1) is 17.6. The Bertz CT molecular complexity index is 570. The first-order valence-electron chi connectivity index (χ1n) is 6.81. The van der Waals surface area contributed by atoms with Crippen molar-refractivity contribution in [2.75, 3.05) is 14.2 Å². The molecular formula is C16H21NO5. The van der Waals surface area contributed by atoms with Gasteiger partial charge in [0.15, 0.2) is 11.5 Å². The summed E-state index contributed by atoms with van der Waals surface area (Å²) in [6, 6.07) is 5.15. The highest BCUT2D eigenvalue weighted by Crippen LogP contribution is 2.29. The van der Waals surface area contributed by atoms with Gasteiger partial charge in [-0.3, -0.25) is 4.79 Å². The minimum absolute atomic E-state index is 0.124. The average Bonchev–Trinajstić information content (AvgIpc) is 2.53. The molecule has 0 saturated carbocycles. The van der Waals surface area contributed by atoms with Crippen LogP contribution in [0.4, 0.5) is 0 Å². The van der Waals surface area contributed by atoms with Crippen LogP contribution in [0.3, 0.4) is 0 Å². The second-order valence-electron chi connectivity index (χ2n) is 4.80. The summed E-state index contributed by atoms with van der Waals surface area (Å²) in [5.74, 6) is -0.561. The second kappa shape index (κ2) is 7.49. The van der Waals surface area contributed by atoms with Gasteiger partial charge in [0.2, 0.25) is 5.91 Å². The van der Waals surface area contributed by atoms with Crippen molar-refractivity contribution < 1.29 is 24.2 Å². The number of hydrogen-bond donors (Lipinski definition) is 2. The zero-order chi connectivity index (χ0) is 16.8. The third-order valence-electron chi connectivity index (χ3n) is 3.51. The third kappa shape index (κ3) is 3.78. The van der Waals surface area contributed by atoms with Crippen molar-refractivity contribution in [1.29, 1.82) is 0 Å². The minimum Gasteiger partial charge on any atom is -0.493 e. The van der Waals surface area contributed by atoms with Gasteiger partial charge >= 0.3 is 5.97 Å². The number of nitrogens with one attached hydrogen (secondary N) is 1. The van der Waals surface area contributed by atoms with Crippen LogP contribution in [0.1, 0.15) is 18.9 Å². The van der Waals surface area contributed by atoms with E-state index in [1.807, 2.05) is 0 Å². The lowest BCUT2D eigenvalue weighted by Gasteiger charge is -2.29. The van der Waals surface area contributed by atoms with Gasteiger partial charge in [-0.05, 0) is 30.2 Å². The third-order valence-corrected chi connectivity index (χ3v) is 3.51. The monoisotopic (exact) mass is 307 g/mol. The molecule has 0 fully saturated rings. The summed E-state index contributed by atoms with van der Waals surface area (Å²) in [6.07, 6.45) is 1.41. The van der Waals surface area contributed by atoms with Crippen LogP contribution in [0.2, 0.25) is 0 Å². The van der Waals surface area contributed by atoms with E-state index in [9.17, 15) is 14.7 Å². The molecule has 0 bridgehead atoms. The van der Waals surface area contributed by atoms with Crippen LogP contribution < -0.4 is 14.8 Å². The first-order valence-corrected chi connectivity index (χ1v) is 6.81. The Kier molecular flexibility index (Phi) is 5.98. The van der Waals surface area contributed by atoms with Crippen molar-refractivity contribution in [2.45, 2.75) is 25.3 Å². The lowest BCUT2D eigenvalue weighted by Crippen LogP contribution is -2.55. The fraction of sp³-hybridized carbons (Fsp3) is 0.375. The Morgan fingerprint density at radius 2 is 1.95 bits per heavy atom. The van der Waals surface area contributed by atoms with Gasteiger partial charge in [0.1, 0.15) is 5.54 Å². The standard InChI is InChI=1S/C16H21NO5/c1-5-14(18)17-16(6-2,15(19)20)10-11-7-8-12(21-3)13(9-11)22-4/h5,7-9H,1,6,10H2,2-4H3,(H,17,18)(H,19,20). The molecule has 1 unspecified atom stereocenters. The fourth-order valence-corrected chi connectivity index (χ4v) is 2.16. The van der Waals surface area contributed by atoms with Gasteiger partial charge in [-0.1, -0.05) is 19.6 Å². The molecule has 1 rings (SSSR count). The molecule has 1 amide bonds. The summed E-state index contributed by atoms with van der Waals surface area (Å²) < 4.78 is 10.4. The number of methoxy groups -OCH3 is 2. The maximum Gasteiger partial charge on any atom is 0.329 e. The number of hydrogen-bond acceptors (Lipinski definition) is 4. The molecule has 0 saturated heterocycles. The van der Waals surface area contributed by atoms with E-state index in [4.69, 9.17) is 9.47 Å². The molecule has 0 aliphatic carbocycles. The molecule has 0 aromatic heterocycles. The number of carboxylic acid groups (broad SMARTS) is 1. The lowest BCUT2D eigenvalue weighted by atomic mass is 9.88. The molecule has 0 radical (unpaired) electrons. The minimum atomic E-state index is -1.40. The first-order chi connectivity index (χ1) is 10.4. The van der Waals surface area contributed by atoms with Crippen LogP contribution in [0.25, 0.3) is 0 Å². The predicted molar refractivity (Wildman–Crippen MR) is 82.2 cm³/mol. The van der Waals surface area contributed by atoms with E-state index in [0.717, 1.165) is 6.08 Å². The summed E-state index contributed by atoms with van der Waals surface area (Å²) in [6.45, 7) is 5.06. The van der Waals surface area contributed by atoms with Gasteiger partial charge in [-0.2, -0.15) is 0 Å². The van der Waals surface area contributed by atoms with E-state index in [1.165, 1.54) is 14.2 Å². The molecule has 0 heterocycles. The van der Waals surface area contributed by atoms with Gasteiger partial charge in [-0.15, -0.1) is 0 Å². The molecule has 1 aromatic rings. The number of carbonyl (C=O) groups excluding carboxylic acids is 1. The number of carbonyl (C=O) groups is 2. The molecule has 1 atom stereocenters. The van der Waals surface area contributed by atoms with E-state index in [2.05, 4.69) is 11.9 Å². The topological polar surface area (TPSA) is 84.9 Å². The molecule has 1 aromatic carbocycles. The number of ether oxygens (including phenoxy) is 2. The molecule has 0 aliphatic heterocycles.